The molecule has 0 aliphatic carbocycles. The second-order valence-electron chi connectivity index (χ2n) is 8.81. The molecule has 7 atom stereocenters. The Balaban J connectivity index is 1.47. The number of hydroxylamine groups is 2. The minimum absolute atomic E-state index is 0.0885. The van der Waals surface area contributed by atoms with Crippen molar-refractivity contribution in [1.82, 2.24) is 9.96 Å². The summed E-state index contributed by atoms with van der Waals surface area (Å²) in [4.78, 5) is 34.5. The number of carbonyl (C=O) groups excluding carboxylic acids is 2. The molecule has 2 aromatic carbocycles. The van der Waals surface area contributed by atoms with E-state index in [2.05, 4.69) is 0 Å². The molecule has 0 saturated carbocycles. The standard InChI is InChI=1S/C25H28N2O6/c1-15(18-11-7-4-8-12-18)27-24(29)20-21(22-19(28)14-31-16(2)32-22)26(33-23(20)25(27)30)13-17-9-5-3-6-10-17/h3-12,15-16,19-23,28H,13-14H2,1-2H3/t15-,16+,19-,20-,21-,22+,23+/m1/s1. The van der Waals surface area contributed by atoms with Gasteiger partial charge in [0.05, 0.1) is 24.6 Å². The summed E-state index contributed by atoms with van der Waals surface area (Å²) < 4.78 is 11.4. The maximum atomic E-state index is 13.7. The number of imide groups is 1. The van der Waals surface area contributed by atoms with Crippen molar-refractivity contribution in [2.24, 2.45) is 5.92 Å². The molecule has 0 bridgehead atoms. The van der Waals surface area contributed by atoms with Crippen LogP contribution in [0.3, 0.4) is 0 Å². The molecular weight excluding hydrogens is 424 g/mol. The van der Waals surface area contributed by atoms with Gasteiger partial charge in [0.2, 0.25) is 5.91 Å². The molecule has 3 aliphatic rings. The largest absolute Gasteiger partial charge is 0.388 e. The Kier molecular flexibility index (Phi) is 6.03. The van der Waals surface area contributed by atoms with E-state index in [9.17, 15) is 14.7 Å². The number of fused-ring (bicyclic) bond motifs is 1. The molecule has 3 saturated heterocycles. The Bertz CT molecular complexity index is 1000. The van der Waals surface area contributed by atoms with Gasteiger partial charge in [-0.1, -0.05) is 60.7 Å². The van der Waals surface area contributed by atoms with Crippen molar-refractivity contribution in [3.63, 3.8) is 0 Å². The van der Waals surface area contributed by atoms with E-state index in [4.69, 9.17) is 14.3 Å². The summed E-state index contributed by atoms with van der Waals surface area (Å²) in [5.74, 6) is -1.45. The van der Waals surface area contributed by atoms with Crippen LogP contribution < -0.4 is 0 Å². The first-order valence-electron chi connectivity index (χ1n) is 11.3. The van der Waals surface area contributed by atoms with Crippen LogP contribution in [0.25, 0.3) is 0 Å². The molecule has 2 amide bonds. The number of amides is 2. The highest BCUT2D eigenvalue weighted by Gasteiger charge is 2.63. The van der Waals surface area contributed by atoms with E-state index >= 15 is 0 Å². The van der Waals surface area contributed by atoms with Gasteiger partial charge >= 0.3 is 0 Å². The molecule has 174 valence electrons. The van der Waals surface area contributed by atoms with E-state index < -0.39 is 42.6 Å². The SMILES string of the molecule is C[C@H]1OC[C@@H](O)[C@@H]([C@H]2[C@H]3C(=O)N([C@H](C)c4ccccc4)C(=O)[C@H]3ON2Cc2ccccc2)O1. The molecule has 8 nitrogen and oxygen atoms in total. The van der Waals surface area contributed by atoms with Gasteiger partial charge in [0.15, 0.2) is 12.4 Å². The zero-order valence-corrected chi connectivity index (χ0v) is 18.6. The lowest BCUT2D eigenvalue weighted by Crippen LogP contribution is -2.56. The van der Waals surface area contributed by atoms with Crippen LogP contribution in [0.1, 0.15) is 31.0 Å². The maximum absolute atomic E-state index is 13.7. The van der Waals surface area contributed by atoms with Crippen molar-refractivity contribution in [1.29, 1.82) is 0 Å². The molecule has 0 radical (unpaired) electrons. The minimum Gasteiger partial charge on any atom is -0.388 e. The molecule has 3 heterocycles. The van der Waals surface area contributed by atoms with Crippen LogP contribution in [0.2, 0.25) is 0 Å². The molecule has 8 heteroatoms. The topological polar surface area (TPSA) is 88.5 Å². The van der Waals surface area contributed by atoms with E-state index in [1.54, 1.807) is 12.0 Å². The lowest BCUT2D eigenvalue weighted by atomic mass is 9.89. The number of hydrogen-bond acceptors (Lipinski definition) is 7. The van der Waals surface area contributed by atoms with E-state index in [1.165, 1.54) is 4.90 Å². The van der Waals surface area contributed by atoms with Gasteiger partial charge < -0.3 is 14.6 Å². The van der Waals surface area contributed by atoms with Crippen LogP contribution in [-0.2, 0) is 30.4 Å². The summed E-state index contributed by atoms with van der Waals surface area (Å²) in [5.41, 5.74) is 1.83. The summed E-state index contributed by atoms with van der Waals surface area (Å²) >= 11 is 0. The van der Waals surface area contributed by atoms with Gasteiger partial charge in [0, 0.05) is 6.54 Å². The average molecular weight is 453 g/mol. The average Bonchev–Trinajstić information content (AvgIpc) is 3.31. The zero-order chi connectivity index (χ0) is 23.1. The number of rotatable bonds is 5. The molecule has 5 rings (SSSR count). The molecule has 0 unspecified atom stereocenters. The van der Waals surface area contributed by atoms with Crippen molar-refractivity contribution in [3.8, 4) is 0 Å². The maximum Gasteiger partial charge on any atom is 0.261 e. The third-order valence-corrected chi connectivity index (χ3v) is 6.70. The van der Waals surface area contributed by atoms with Crippen LogP contribution in [0, 0.1) is 5.92 Å². The summed E-state index contributed by atoms with van der Waals surface area (Å²) in [6.07, 6.45) is -3.18. The highest BCUT2D eigenvalue weighted by Crippen LogP contribution is 2.43. The van der Waals surface area contributed by atoms with Gasteiger partial charge in [0.25, 0.3) is 5.91 Å². The first-order valence-corrected chi connectivity index (χ1v) is 11.3. The fourth-order valence-corrected chi connectivity index (χ4v) is 5.05. The van der Waals surface area contributed by atoms with Gasteiger partial charge in [-0.3, -0.25) is 19.3 Å². The van der Waals surface area contributed by atoms with Gasteiger partial charge in [0.1, 0.15) is 12.2 Å². The van der Waals surface area contributed by atoms with Gasteiger partial charge in [-0.2, -0.15) is 5.06 Å². The number of aliphatic hydroxyl groups excluding tert-OH is 1. The number of ether oxygens (including phenoxy) is 2. The number of nitrogens with zero attached hydrogens (tertiary/aromatic N) is 2. The fraction of sp³-hybridized carbons (Fsp3) is 0.440. The van der Waals surface area contributed by atoms with Crippen LogP contribution in [0.5, 0.6) is 0 Å². The third-order valence-electron chi connectivity index (χ3n) is 6.70. The van der Waals surface area contributed by atoms with Crippen LogP contribution in [-0.4, -0.2) is 64.1 Å². The normalized spacial score (nSPS) is 33.4. The van der Waals surface area contributed by atoms with E-state index in [0.29, 0.717) is 6.54 Å². The Labute approximate surface area is 192 Å². The van der Waals surface area contributed by atoms with Crippen molar-refractivity contribution < 1.29 is 29.0 Å². The smallest absolute Gasteiger partial charge is 0.261 e. The first kappa shape index (κ1) is 22.2. The van der Waals surface area contributed by atoms with Crippen LogP contribution >= 0.6 is 0 Å². The predicted molar refractivity (Wildman–Crippen MR) is 117 cm³/mol. The number of likely N-dealkylation sites (tertiary alicyclic amines) is 1. The van der Waals surface area contributed by atoms with Crippen molar-refractivity contribution in [3.05, 3.63) is 71.8 Å². The zero-order valence-electron chi connectivity index (χ0n) is 18.6. The Morgan fingerprint density at radius 3 is 2.39 bits per heavy atom. The highest BCUT2D eigenvalue weighted by molar-refractivity contribution is 6.07. The van der Waals surface area contributed by atoms with E-state index in [1.807, 2.05) is 67.6 Å². The predicted octanol–water partition coefficient (Wildman–Crippen LogP) is 2.04. The molecule has 0 spiro atoms. The van der Waals surface area contributed by atoms with Crippen molar-refractivity contribution >= 4 is 11.8 Å². The molecule has 3 aliphatic heterocycles. The van der Waals surface area contributed by atoms with Gasteiger partial charge in [-0.25, -0.2) is 0 Å². The van der Waals surface area contributed by atoms with Crippen molar-refractivity contribution in [2.45, 2.75) is 57.1 Å². The number of carbonyl (C=O) groups is 2. The number of aliphatic hydroxyl groups is 1. The van der Waals surface area contributed by atoms with E-state index in [-0.39, 0.29) is 18.4 Å². The Morgan fingerprint density at radius 2 is 1.70 bits per heavy atom. The van der Waals surface area contributed by atoms with E-state index in [0.717, 1.165) is 11.1 Å². The molecule has 0 aromatic heterocycles. The monoisotopic (exact) mass is 452 g/mol. The lowest BCUT2D eigenvalue weighted by molar-refractivity contribution is -0.276. The van der Waals surface area contributed by atoms with Gasteiger partial charge in [-0.05, 0) is 25.0 Å². The Hall–Kier alpha value is -2.62. The fourth-order valence-electron chi connectivity index (χ4n) is 5.05. The second-order valence-corrected chi connectivity index (χ2v) is 8.81. The molecule has 1 N–H and O–H groups in total. The lowest BCUT2D eigenvalue weighted by Gasteiger charge is -2.39. The first-order chi connectivity index (χ1) is 16.0. The summed E-state index contributed by atoms with van der Waals surface area (Å²) in [7, 11) is 0. The Morgan fingerprint density at radius 1 is 1.03 bits per heavy atom. The molecule has 2 aromatic rings. The quantitative estimate of drug-likeness (QED) is 0.695. The summed E-state index contributed by atoms with van der Waals surface area (Å²) in [5, 5.41) is 12.3. The highest BCUT2D eigenvalue weighted by atomic mass is 16.7. The third kappa shape index (κ3) is 3.98. The number of hydrogen-bond donors (Lipinski definition) is 1. The van der Waals surface area contributed by atoms with Gasteiger partial charge in [-0.15, -0.1) is 0 Å². The van der Waals surface area contributed by atoms with Crippen molar-refractivity contribution in [2.75, 3.05) is 6.61 Å². The molecular formula is C25H28N2O6. The summed E-state index contributed by atoms with van der Waals surface area (Å²) in [6.45, 7) is 4.03. The number of benzene rings is 2. The minimum atomic E-state index is -0.952. The van der Waals surface area contributed by atoms with Crippen LogP contribution in [0.4, 0.5) is 0 Å². The van der Waals surface area contributed by atoms with Crippen LogP contribution in [0.15, 0.2) is 60.7 Å². The molecule has 33 heavy (non-hydrogen) atoms. The second kappa shape index (κ2) is 8.96. The molecule has 3 fully saturated rings. The summed E-state index contributed by atoms with van der Waals surface area (Å²) in [6, 6.07) is 18.0.